The van der Waals surface area contributed by atoms with Crippen LogP contribution in [0.2, 0.25) is 0 Å². The molecule has 0 aromatic rings. The van der Waals surface area contributed by atoms with Crippen molar-refractivity contribution in [1.82, 2.24) is 2.95 Å². The van der Waals surface area contributed by atoms with Crippen LogP contribution in [0.5, 0.6) is 0 Å². The molecule has 0 aliphatic heterocycles. The van der Waals surface area contributed by atoms with Gasteiger partial charge in [0, 0.05) is 32.3 Å². The first-order valence-electron chi connectivity index (χ1n) is 3.24. The van der Waals surface area contributed by atoms with E-state index in [4.69, 9.17) is 19.6 Å². The highest BCUT2D eigenvalue weighted by atomic mass is 79.9. The number of nitrogens with zero attached hydrogens (tertiary/aromatic N) is 1. The number of hydrogen-bond acceptors (Lipinski definition) is 3. The molecule has 0 rings (SSSR count). The van der Waals surface area contributed by atoms with E-state index in [0.717, 1.165) is 2.95 Å². The van der Waals surface area contributed by atoms with E-state index in [0.29, 0.717) is 0 Å². The van der Waals surface area contributed by atoms with Crippen LogP contribution in [0.4, 0.5) is 0 Å². The van der Waals surface area contributed by atoms with Crippen LogP contribution in [0.25, 0.3) is 0 Å². The molecule has 0 aliphatic rings. The predicted molar refractivity (Wildman–Crippen MR) is 57.1 cm³/mol. The lowest BCUT2D eigenvalue weighted by Gasteiger charge is -2.21. The molecule has 7 nitrogen and oxygen atoms in total. The standard InChI is InChI=1S/C3H9Br2NO6P2/c4-6(5)3(14(10,11)12)1-2-13(7,8)9/h3H,1-2H2,(H2,7,8,9)(H2,10,11,12). The van der Waals surface area contributed by atoms with Crippen LogP contribution in [-0.4, -0.2) is 34.5 Å². The summed E-state index contributed by atoms with van der Waals surface area (Å²) in [7, 11) is -8.67. The normalized spacial score (nSPS) is 15.9. The van der Waals surface area contributed by atoms with Gasteiger partial charge in [0.05, 0.1) is 6.16 Å². The van der Waals surface area contributed by atoms with Crippen molar-refractivity contribution >= 4 is 47.5 Å². The van der Waals surface area contributed by atoms with Gasteiger partial charge in [0.15, 0.2) is 0 Å². The Morgan fingerprint density at radius 3 is 1.79 bits per heavy atom. The quantitative estimate of drug-likeness (QED) is 0.417. The maximum absolute atomic E-state index is 10.8. The van der Waals surface area contributed by atoms with E-state index >= 15 is 0 Å². The minimum atomic E-state index is -4.43. The molecule has 0 spiro atoms. The van der Waals surface area contributed by atoms with Crippen molar-refractivity contribution in [3.05, 3.63) is 0 Å². The lowest BCUT2D eigenvalue weighted by atomic mass is 10.5. The van der Waals surface area contributed by atoms with E-state index in [9.17, 15) is 9.13 Å². The van der Waals surface area contributed by atoms with E-state index in [1.165, 1.54) is 0 Å². The maximum Gasteiger partial charge on any atom is 0.344 e. The van der Waals surface area contributed by atoms with E-state index in [-0.39, 0.29) is 6.42 Å². The minimum absolute atomic E-state index is 0.328. The molecule has 1 unspecified atom stereocenters. The van der Waals surface area contributed by atoms with Gasteiger partial charge in [0.1, 0.15) is 5.78 Å². The van der Waals surface area contributed by atoms with Gasteiger partial charge in [-0.3, -0.25) is 9.13 Å². The molecule has 0 aliphatic carbocycles. The lowest BCUT2D eigenvalue weighted by molar-refractivity contribution is 0.339. The Morgan fingerprint density at radius 1 is 1.14 bits per heavy atom. The zero-order chi connectivity index (χ0) is 11.6. The Morgan fingerprint density at radius 2 is 1.57 bits per heavy atom. The topological polar surface area (TPSA) is 118 Å². The van der Waals surface area contributed by atoms with Gasteiger partial charge >= 0.3 is 15.2 Å². The summed E-state index contributed by atoms with van der Waals surface area (Å²) in [5, 5.41) is 0. The van der Waals surface area contributed by atoms with Crippen molar-refractivity contribution < 1.29 is 28.7 Å². The number of rotatable bonds is 5. The van der Waals surface area contributed by atoms with Gasteiger partial charge in [-0.15, -0.1) is 0 Å². The third-order valence-corrected chi connectivity index (χ3v) is 5.02. The Hall–Kier alpha value is 1.22. The molecule has 0 radical (unpaired) electrons. The molecule has 11 heteroatoms. The summed E-state index contributed by atoms with van der Waals surface area (Å²) < 4.78 is 22.2. The SMILES string of the molecule is O=P(O)(O)CCC(N(Br)Br)P(=O)(O)O. The van der Waals surface area contributed by atoms with Gasteiger partial charge in [-0.05, 0) is 6.42 Å². The molecule has 0 heterocycles. The summed E-state index contributed by atoms with van der Waals surface area (Å²) in [6.07, 6.45) is -0.915. The van der Waals surface area contributed by atoms with Crippen molar-refractivity contribution in [1.29, 1.82) is 0 Å². The second kappa shape index (κ2) is 5.52. The summed E-state index contributed by atoms with van der Waals surface area (Å²) in [4.78, 5) is 34.6. The van der Waals surface area contributed by atoms with Crippen molar-refractivity contribution in [2.75, 3.05) is 6.16 Å². The molecule has 1 atom stereocenters. The highest BCUT2D eigenvalue weighted by molar-refractivity contribution is 9.21. The van der Waals surface area contributed by atoms with Gasteiger partial charge in [-0.2, -0.15) is 2.95 Å². The first-order chi connectivity index (χ1) is 6.04. The zero-order valence-electron chi connectivity index (χ0n) is 6.69. The third-order valence-electron chi connectivity index (χ3n) is 1.29. The molecule has 0 saturated carbocycles. The van der Waals surface area contributed by atoms with Gasteiger partial charge < -0.3 is 19.6 Å². The Labute approximate surface area is 97.5 Å². The summed E-state index contributed by atoms with van der Waals surface area (Å²) in [5.74, 6) is -1.31. The number of hydrogen-bond donors (Lipinski definition) is 4. The third kappa shape index (κ3) is 6.66. The predicted octanol–water partition coefficient (Wildman–Crippen LogP) is 0.980. The van der Waals surface area contributed by atoms with Crippen molar-refractivity contribution in [2.45, 2.75) is 12.2 Å². The summed E-state index contributed by atoms with van der Waals surface area (Å²) in [6, 6.07) is 0. The molecular weight excluding hydrogens is 368 g/mol. The zero-order valence-corrected chi connectivity index (χ0v) is 11.7. The Kier molecular flexibility index (Phi) is 6.00. The lowest BCUT2D eigenvalue weighted by Crippen LogP contribution is -2.20. The van der Waals surface area contributed by atoms with Gasteiger partial charge in [0.2, 0.25) is 0 Å². The van der Waals surface area contributed by atoms with Crippen molar-refractivity contribution in [2.24, 2.45) is 0 Å². The fourth-order valence-electron chi connectivity index (χ4n) is 0.663. The Bertz CT molecular complexity index is 272. The van der Waals surface area contributed by atoms with Gasteiger partial charge in [-0.1, -0.05) is 0 Å². The summed E-state index contributed by atoms with van der Waals surface area (Å²) in [5.41, 5.74) is 0. The molecule has 0 aromatic carbocycles. The van der Waals surface area contributed by atoms with Crippen LogP contribution in [0, 0.1) is 0 Å². The number of halogens is 2. The van der Waals surface area contributed by atoms with E-state index in [1.54, 1.807) is 0 Å². The van der Waals surface area contributed by atoms with Crippen LogP contribution in [0.1, 0.15) is 6.42 Å². The summed E-state index contributed by atoms with van der Waals surface area (Å²) >= 11 is 5.50. The molecule has 0 aromatic heterocycles. The molecule has 4 N–H and O–H groups in total. The highest BCUT2D eigenvalue weighted by Gasteiger charge is 2.34. The van der Waals surface area contributed by atoms with Crippen molar-refractivity contribution in [3.8, 4) is 0 Å². The van der Waals surface area contributed by atoms with Crippen molar-refractivity contribution in [3.63, 3.8) is 0 Å². The van der Waals surface area contributed by atoms with Gasteiger partial charge in [-0.25, -0.2) is 0 Å². The van der Waals surface area contributed by atoms with Crippen LogP contribution >= 0.6 is 47.5 Å². The maximum atomic E-state index is 10.8. The van der Waals surface area contributed by atoms with Crippen LogP contribution < -0.4 is 0 Å². The fourth-order valence-corrected chi connectivity index (χ4v) is 3.98. The van der Waals surface area contributed by atoms with Crippen LogP contribution in [0.15, 0.2) is 0 Å². The molecule has 0 bridgehead atoms. The molecular formula is C3H9Br2NO6P2. The highest BCUT2D eigenvalue weighted by Crippen LogP contribution is 2.49. The monoisotopic (exact) mass is 375 g/mol. The van der Waals surface area contributed by atoms with E-state index in [2.05, 4.69) is 32.3 Å². The minimum Gasteiger partial charge on any atom is -0.324 e. The fraction of sp³-hybridized carbons (Fsp3) is 1.00. The summed E-state index contributed by atoms with van der Waals surface area (Å²) in [6.45, 7) is 0. The average molecular weight is 377 g/mol. The van der Waals surface area contributed by atoms with Crippen LogP contribution in [-0.2, 0) is 9.13 Å². The smallest absolute Gasteiger partial charge is 0.324 e. The first-order valence-corrected chi connectivity index (χ1v) is 8.14. The van der Waals surface area contributed by atoms with Gasteiger partial charge in [0.25, 0.3) is 0 Å². The first kappa shape index (κ1) is 15.2. The average Bonchev–Trinajstić information content (AvgIpc) is 1.79. The van der Waals surface area contributed by atoms with Crippen LogP contribution in [0.3, 0.4) is 0 Å². The second-order valence-corrected chi connectivity index (χ2v) is 8.54. The molecule has 0 saturated heterocycles. The molecule has 0 fully saturated rings. The Balaban J connectivity index is 4.43. The second-order valence-electron chi connectivity index (χ2n) is 2.51. The largest absolute Gasteiger partial charge is 0.344 e. The molecule has 0 amide bonds. The van der Waals surface area contributed by atoms with E-state index in [1.807, 2.05) is 0 Å². The molecule has 86 valence electrons. The van der Waals surface area contributed by atoms with E-state index < -0.39 is 27.1 Å². The molecule has 14 heavy (non-hydrogen) atoms.